The van der Waals surface area contributed by atoms with Crippen molar-refractivity contribution in [2.45, 2.75) is 0 Å². The standard InChI is InChI=1S/C18H16FN9/c1-28(16-4-2-3-14-11(16)8-23-27-14)17-12(19)9-22-18(25-17)24-10-5-6-15(26-21)13(20)7-10/h2-9,21H,20H2,1H3,(H,23,27)(H,22,24,25). The van der Waals surface area contributed by atoms with Gasteiger partial charge in [-0.2, -0.15) is 15.2 Å². The minimum atomic E-state index is -0.559. The summed E-state index contributed by atoms with van der Waals surface area (Å²) in [5, 5.41) is 14.1. The van der Waals surface area contributed by atoms with Crippen LogP contribution in [0.2, 0.25) is 0 Å². The van der Waals surface area contributed by atoms with Crippen LogP contribution in [0.1, 0.15) is 0 Å². The average Bonchev–Trinajstić information content (AvgIpc) is 3.18. The fourth-order valence-corrected chi connectivity index (χ4v) is 2.88. The van der Waals surface area contributed by atoms with E-state index in [2.05, 4.69) is 30.6 Å². The number of benzene rings is 2. The number of H-pyrrole nitrogens is 1. The van der Waals surface area contributed by atoms with E-state index in [-0.39, 0.29) is 11.8 Å². The number of aromatic nitrogens is 4. The second-order valence-corrected chi connectivity index (χ2v) is 6.04. The Labute approximate surface area is 158 Å². The number of anilines is 5. The minimum Gasteiger partial charge on any atom is -0.397 e. The molecule has 0 spiro atoms. The number of nitrogens with one attached hydrogen (secondary N) is 3. The topological polar surface area (TPSA) is 132 Å². The molecule has 0 amide bonds. The number of hydrogen-bond donors (Lipinski definition) is 4. The molecule has 0 saturated carbocycles. The van der Waals surface area contributed by atoms with Gasteiger partial charge in [0.25, 0.3) is 0 Å². The number of halogens is 1. The van der Waals surface area contributed by atoms with Gasteiger partial charge in [-0.15, -0.1) is 0 Å². The zero-order valence-corrected chi connectivity index (χ0v) is 14.8. The first-order chi connectivity index (χ1) is 13.6. The average molecular weight is 377 g/mol. The third kappa shape index (κ3) is 3.07. The SMILES string of the molecule is CN(c1nc(Nc2ccc(N=N)c(N)c2)ncc1F)c1cccc2[nH]ncc12. The molecule has 10 heteroatoms. The molecule has 0 unspecified atom stereocenters. The number of nitrogen functional groups attached to an aromatic ring is 1. The van der Waals surface area contributed by atoms with Crippen molar-refractivity contribution in [3.05, 3.63) is 54.6 Å². The Hall–Kier alpha value is -4.08. The molecule has 2 heterocycles. The summed E-state index contributed by atoms with van der Waals surface area (Å²) in [4.78, 5) is 9.93. The van der Waals surface area contributed by atoms with Crippen molar-refractivity contribution in [2.75, 3.05) is 23.0 Å². The van der Waals surface area contributed by atoms with Crippen molar-refractivity contribution in [3.8, 4) is 0 Å². The van der Waals surface area contributed by atoms with Gasteiger partial charge in [0.2, 0.25) is 5.95 Å². The maximum atomic E-state index is 14.5. The molecule has 140 valence electrons. The lowest BCUT2D eigenvalue weighted by Gasteiger charge is -2.20. The molecular weight excluding hydrogens is 361 g/mol. The second-order valence-electron chi connectivity index (χ2n) is 6.04. The lowest BCUT2D eigenvalue weighted by atomic mass is 10.2. The molecule has 0 aliphatic rings. The van der Waals surface area contributed by atoms with Gasteiger partial charge in [0.05, 0.1) is 29.3 Å². The molecule has 0 radical (unpaired) electrons. The highest BCUT2D eigenvalue weighted by Gasteiger charge is 2.16. The Morgan fingerprint density at radius 1 is 1.25 bits per heavy atom. The van der Waals surface area contributed by atoms with Crippen LogP contribution in [0.3, 0.4) is 0 Å². The molecular formula is C18H16FN9. The van der Waals surface area contributed by atoms with Crippen LogP contribution < -0.4 is 16.0 Å². The molecule has 0 bridgehead atoms. The monoisotopic (exact) mass is 377 g/mol. The fraction of sp³-hybridized carbons (Fsp3) is 0.0556. The maximum Gasteiger partial charge on any atom is 0.229 e. The molecule has 0 saturated heterocycles. The van der Waals surface area contributed by atoms with Gasteiger partial charge in [0.1, 0.15) is 5.69 Å². The lowest BCUT2D eigenvalue weighted by molar-refractivity contribution is 0.614. The van der Waals surface area contributed by atoms with Gasteiger partial charge in [-0.1, -0.05) is 6.07 Å². The number of rotatable bonds is 5. The van der Waals surface area contributed by atoms with E-state index in [1.54, 1.807) is 36.3 Å². The van der Waals surface area contributed by atoms with Gasteiger partial charge in [-0.25, -0.2) is 14.9 Å². The normalized spacial score (nSPS) is 10.8. The first-order valence-electron chi connectivity index (χ1n) is 8.29. The van der Waals surface area contributed by atoms with Crippen molar-refractivity contribution in [1.29, 1.82) is 5.53 Å². The van der Waals surface area contributed by atoms with E-state index in [4.69, 9.17) is 11.3 Å². The highest BCUT2D eigenvalue weighted by atomic mass is 19.1. The first kappa shape index (κ1) is 17.3. The summed E-state index contributed by atoms with van der Waals surface area (Å²) >= 11 is 0. The molecule has 0 atom stereocenters. The second kappa shape index (κ2) is 6.91. The minimum absolute atomic E-state index is 0.108. The van der Waals surface area contributed by atoms with Gasteiger partial charge in [-0.3, -0.25) is 5.10 Å². The molecule has 0 fully saturated rings. The Kier molecular flexibility index (Phi) is 4.28. The molecule has 9 nitrogen and oxygen atoms in total. The molecule has 2 aromatic heterocycles. The van der Waals surface area contributed by atoms with Crippen LogP contribution in [0.25, 0.3) is 10.9 Å². The Morgan fingerprint density at radius 3 is 2.89 bits per heavy atom. The highest BCUT2D eigenvalue weighted by molar-refractivity contribution is 5.93. The third-order valence-corrected chi connectivity index (χ3v) is 4.27. The van der Waals surface area contributed by atoms with Crippen molar-refractivity contribution < 1.29 is 4.39 Å². The Balaban J connectivity index is 1.68. The van der Waals surface area contributed by atoms with E-state index in [0.717, 1.165) is 22.8 Å². The summed E-state index contributed by atoms with van der Waals surface area (Å²) in [7, 11) is 1.72. The molecule has 4 aromatic rings. The molecule has 28 heavy (non-hydrogen) atoms. The number of hydrogen-bond acceptors (Lipinski definition) is 8. The summed E-state index contributed by atoms with van der Waals surface area (Å²) in [5.41, 5.74) is 15.8. The van der Waals surface area contributed by atoms with Gasteiger partial charge in [0.15, 0.2) is 11.6 Å². The number of fused-ring (bicyclic) bond motifs is 1. The summed E-state index contributed by atoms with van der Waals surface area (Å²) < 4.78 is 14.5. The predicted molar refractivity (Wildman–Crippen MR) is 105 cm³/mol. The van der Waals surface area contributed by atoms with Crippen molar-refractivity contribution >= 4 is 45.4 Å². The van der Waals surface area contributed by atoms with Crippen LogP contribution in [0.5, 0.6) is 0 Å². The Bertz CT molecular complexity index is 1170. The van der Waals surface area contributed by atoms with Gasteiger partial charge >= 0.3 is 0 Å². The molecule has 4 rings (SSSR count). The zero-order valence-electron chi connectivity index (χ0n) is 14.8. The smallest absolute Gasteiger partial charge is 0.229 e. The van der Waals surface area contributed by atoms with Crippen molar-refractivity contribution in [1.82, 2.24) is 20.2 Å². The predicted octanol–water partition coefficient (Wildman–Crippen LogP) is 4.25. The Morgan fingerprint density at radius 2 is 2.11 bits per heavy atom. The van der Waals surface area contributed by atoms with E-state index in [0.29, 0.717) is 17.1 Å². The van der Waals surface area contributed by atoms with E-state index in [9.17, 15) is 4.39 Å². The first-order valence-corrected chi connectivity index (χ1v) is 8.29. The molecule has 5 N–H and O–H groups in total. The van der Waals surface area contributed by atoms with E-state index in [1.807, 2.05) is 18.2 Å². The summed E-state index contributed by atoms with van der Waals surface area (Å²) in [6.45, 7) is 0. The van der Waals surface area contributed by atoms with Crippen LogP contribution in [-0.4, -0.2) is 27.2 Å². The number of aromatic amines is 1. The summed E-state index contributed by atoms with van der Waals surface area (Å²) in [6.07, 6.45) is 2.79. The zero-order chi connectivity index (χ0) is 19.7. The van der Waals surface area contributed by atoms with E-state index in [1.165, 1.54) is 0 Å². The maximum absolute atomic E-state index is 14.5. The quantitative estimate of drug-likeness (QED) is 0.304. The summed E-state index contributed by atoms with van der Waals surface area (Å²) in [5.74, 6) is -0.244. The largest absolute Gasteiger partial charge is 0.397 e. The van der Waals surface area contributed by atoms with Crippen LogP contribution in [0, 0.1) is 11.3 Å². The fourth-order valence-electron chi connectivity index (χ4n) is 2.88. The lowest BCUT2D eigenvalue weighted by Crippen LogP contribution is -2.15. The van der Waals surface area contributed by atoms with Crippen LogP contribution in [0.4, 0.5) is 38.9 Å². The van der Waals surface area contributed by atoms with Gasteiger partial charge in [0, 0.05) is 18.1 Å². The molecule has 0 aliphatic carbocycles. The van der Waals surface area contributed by atoms with Gasteiger partial charge < -0.3 is 16.0 Å². The van der Waals surface area contributed by atoms with Crippen molar-refractivity contribution in [2.24, 2.45) is 5.11 Å². The number of nitrogens with zero attached hydrogens (tertiary/aromatic N) is 5. The van der Waals surface area contributed by atoms with Crippen LogP contribution >= 0.6 is 0 Å². The van der Waals surface area contributed by atoms with E-state index < -0.39 is 5.82 Å². The summed E-state index contributed by atoms with van der Waals surface area (Å²) in [6, 6.07) is 10.5. The number of nitrogens with two attached hydrogens (primary N) is 1. The van der Waals surface area contributed by atoms with Crippen LogP contribution in [0.15, 0.2) is 53.9 Å². The highest BCUT2D eigenvalue weighted by Crippen LogP contribution is 2.31. The molecule has 0 aliphatic heterocycles. The van der Waals surface area contributed by atoms with Crippen LogP contribution in [-0.2, 0) is 0 Å². The van der Waals surface area contributed by atoms with Crippen molar-refractivity contribution in [3.63, 3.8) is 0 Å². The van der Waals surface area contributed by atoms with E-state index >= 15 is 0 Å². The molecule has 2 aromatic carbocycles. The van der Waals surface area contributed by atoms with Gasteiger partial charge in [-0.05, 0) is 30.3 Å². The third-order valence-electron chi connectivity index (χ3n) is 4.27.